The van der Waals surface area contributed by atoms with Crippen LogP contribution < -0.4 is 5.32 Å². The molecule has 0 aliphatic carbocycles. The zero-order valence-corrected chi connectivity index (χ0v) is 18.1. The van der Waals surface area contributed by atoms with Gasteiger partial charge in [0, 0.05) is 38.4 Å². The Kier molecular flexibility index (Phi) is 7.80. The van der Waals surface area contributed by atoms with Crippen LogP contribution in [0.1, 0.15) is 18.1 Å². The minimum Gasteiger partial charge on any atom is -0.339 e. The molecule has 6 nitrogen and oxygen atoms in total. The van der Waals surface area contributed by atoms with Gasteiger partial charge in [0.1, 0.15) is 0 Å². The molecular weight excluding hydrogens is 384 g/mol. The van der Waals surface area contributed by atoms with E-state index in [1.807, 2.05) is 36.2 Å². The molecule has 3 rings (SSSR count). The van der Waals surface area contributed by atoms with Crippen LogP contribution in [0.5, 0.6) is 0 Å². The number of rotatable bonds is 8. The molecule has 29 heavy (non-hydrogen) atoms. The fourth-order valence-corrected chi connectivity index (χ4v) is 4.24. The number of aryl methyl sites for hydroxylation is 1. The van der Waals surface area contributed by atoms with Gasteiger partial charge in [0.25, 0.3) is 0 Å². The van der Waals surface area contributed by atoms with Crippen molar-refractivity contribution in [2.75, 3.05) is 51.6 Å². The van der Waals surface area contributed by atoms with Gasteiger partial charge in [-0.15, -0.1) is 0 Å². The van der Waals surface area contributed by atoms with Crippen LogP contribution in [0.15, 0.2) is 41.1 Å². The Balaban J connectivity index is 1.40. The third-order valence-electron chi connectivity index (χ3n) is 5.20. The zero-order valence-electron chi connectivity index (χ0n) is 17.3. The Bertz CT molecular complexity index is 801. The predicted octanol–water partition coefficient (Wildman–Crippen LogP) is 2.53. The van der Waals surface area contributed by atoms with Gasteiger partial charge in [-0.3, -0.25) is 19.4 Å². The molecule has 1 N–H and O–H groups in total. The molecule has 1 aliphatic rings. The molecular formula is C22H30N4O2S. The number of thiophene rings is 1. The number of amides is 2. The summed E-state index contributed by atoms with van der Waals surface area (Å²) in [5.74, 6) is 0.157. The lowest BCUT2D eigenvalue weighted by atomic mass is 10.1. The molecule has 156 valence electrons. The minimum absolute atomic E-state index is 0.00109. The van der Waals surface area contributed by atoms with Crippen LogP contribution in [0, 0.1) is 0 Å². The van der Waals surface area contributed by atoms with Crippen molar-refractivity contribution >= 4 is 28.8 Å². The summed E-state index contributed by atoms with van der Waals surface area (Å²) in [5, 5.41) is 7.19. The number of hydrogen-bond acceptors (Lipinski definition) is 5. The van der Waals surface area contributed by atoms with E-state index in [1.54, 1.807) is 11.3 Å². The van der Waals surface area contributed by atoms with Crippen LogP contribution in [0.25, 0.3) is 0 Å². The van der Waals surface area contributed by atoms with Crippen molar-refractivity contribution in [1.29, 1.82) is 0 Å². The molecule has 0 saturated carbocycles. The highest BCUT2D eigenvalue weighted by molar-refractivity contribution is 7.07. The van der Waals surface area contributed by atoms with Gasteiger partial charge in [0.05, 0.1) is 13.1 Å². The standard InChI is InChI=1S/C22H30N4O2S/c1-3-19-6-4-5-7-20(19)23-21(27)15-25-9-11-26(12-10-25)22(28)16-24(2)14-18-8-13-29-17-18/h4-8,13,17H,3,9-12,14-16H2,1-2H3,(H,23,27). The van der Waals surface area contributed by atoms with Gasteiger partial charge in [-0.2, -0.15) is 11.3 Å². The monoisotopic (exact) mass is 414 g/mol. The van der Waals surface area contributed by atoms with E-state index in [9.17, 15) is 9.59 Å². The van der Waals surface area contributed by atoms with Crippen LogP contribution in [0.4, 0.5) is 5.69 Å². The van der Waals surface area contributed by atoms with Crippen molar-refractivity contribution in [2.24, 2.45) is 0 Å². The summed E-state index contributed by atoms with van der Waals surface area (Å²) in [7, 11) is 1.98. The maximum Gasteiger partial charge on any atom is 0.238 e. The number of nitrogens with zero attached hydrogens (tertiary/aromatic N) is 3. The van der Waals surface area contributed by atoms with Crippen LogP contribution in [-0.2, 0) is 22.6 Å². The average Bonchev–Trinajstić information content (AvgIpc) is 3.21. The highest BCUT2D eigenvalue weighted by atomic mass is 32.1. The number of likely N-dealkylation sites (N-methyl/N-ethyl adjacent to an activating group) is 1. The van der Waals surface area contributed by atoms with E-state index in [0.717, 1.165) is 37.3 Å². The first-order valence-corrected chi connectivity index (χ1v) is 11.1. The van der Waals surface area contributed by atoms with Gasteiger partial charge in [-0.25, -0.2) is 0 Å². The quantitative estimate of drug-likeness (QED) is 0.721. The van der Waals surface area contributed by atoms with E-state index in [2.05, 4.69) is 38.9 Å². The summed E-state index contributed by atoms with van der Waals surface area (Å²) in [6.45, 7) is 6.44. The van der Waals surface area contributed by atoms with Crippen molar-refractivity contribution in [3.63, 3.8) is 0 Å². The van der Waals surface area contributed by atoms with E-state index >= 15 is 0 Å². The number of nitrogens with one attached hydrogen (secondary N) is 1. The smallest absolute Gasteiger partial charge is 0.238 e. The molecule has 1 aromatic heterocycles. The lowest BCUT2D eigenvalue weighted by Crippen LogP contribution is -2.52. The average molecular weight is 415 g/mol. The molecule has 2 heterocycles. The van der Waals surface area contributed by atoms with E-state index in [0.29, 0.717) is 26.2 Å². The van der Waals surface area contributed by atoms with E-state index in [1.165, 1.54) is 5.56 Å². The third kappa shape index (κ3) is 6.39. The van der Waals surface area contributed by atoms with E-state index in [4.69, 9.17) is 0 Å². The van der Waals surface area contributed by atoms with Crippen LogP contribution >= 0.6 is 11.3 Å². The first-order chi connectivity index (χ1) is 14.0. The minimum atomic E-state index is 0.00109. The number of carbonyl (C=O) groups excluding carboxylic acids is 2. The lowest BCUT2D eigenvalue weighted by molar-refractivity contribution is -0.134. The Labute approximate surface area is 177 Å². The summed E-state index contributed by atoms with van der Waals surface area (Å²) in [6, 6.07) is 10.0. The van der Waals surface area contributed by atoms with E-state index in [-0.39, 0.29) is 11.8 Å². The van der Waals surface area contributed by atoms with Gasteiger partial charge in [-0.05, 0) is 47.5 Å². The second-order valence-corrected chi connectivity index (χ2v) is 8.30. The number of benzene rings is 1. The van der Waals surface area contributed by atoms with Gasteiger partial charge < -0.3 is 10.2 Å². The second kappa shape index (κ2) is 10.5. The SMILES string of the molecule is CCc1ccccc1NC(=O)CN1CCN(C(=O)CN(C)Cc2ccsc2)CC1. The number of piperazine rings is 1. The molecule has 1 saturated heterocycles. The fraction of sp³-hybridized carbons (Fsp3) is 0.455. The molecule has 1 aliphatic heterocycles. The molecule has 2 amide bonds. The van der Waals surface area contributed by atoms with Crippen molar-refractivity contribution in [1.82, 2.24) is 14.7 Å². The second-order valence-electron chi connectivity index (χ2n) is 7.52. The molecule has 1 aromatic carbocycles. The van der Waals surface area contributed by atoms with Crippen molar-refractivity contribution in [3.8, 4) is 0 Å². The number of para-hydroxylation sites is 1. The van der Waals surface area contributed by atoms with Crippen molar-refractivity contribution < 1.29 is 9.59 Å². The largest absolute Gasteiger partial charge is 0.339 e. The first-order valence-electron chi connectivity index (χ1n) is 10.1. The molecule has 7 heteroatoms. The molecule has 0 spiro atoms. The maximum absolute atomic E-state index is 12.6. The zero-order chi connectivity index (χ0) is 20.6. The molecule has 1 fully saturated rings. The third-order valence-corrected chi connectivity index (χ3v) is 5.93. The van der Waals surface area contributed by atoms with Crippen LogP contribution in [0.2, 0.25) is 0 Å². The molecule has 0 unspecified atom stereocenters. The molecule has 0 radical (unpaired) electrons. The highest BCUT2D eigenvalue weighted by Crippen LogP contribution is 2.15. The Hall–Kier alpha value is -2.22. The lowest BCUT2D eigenvalue weighted by Gasteiger charge is -2.35. The number of carbonyl (C=O) groups is 2. The predicted molar refractivity (Wildman–Crippen MR) is 118 cm³/mol. The fourth-order valence-electron chi connectivity index (χ4n) is 3.58. The molecule has 0 atom stereocenters. The van der Waals surface area contributed by atoms with Gasteiger partial charge in [0.2, 0.25) is 11.8 Å². The Morgan fingerprint density at radius 2 is 1.90 bits per heavy atom. The van der Waals surface area contributed by atoms with Gasteiger partial charge >= 0.3 is 0 Å². The van der Waals surface area contributed by atoms with Gasteiger partial charge in [-0.1, -0.05) is 25.1 Å². The summed E-state index contributed by atoms with van der Waals surface area (Å²) in [5.41, 5.74) is 3.27. The van der Waals surface area contributed by atoms with Crippen molar-refractivity contribution in [2.45, 2.75) is 19.9 Å². The topological polar surface area (TPSA) is 55.9 Å². The summed E-state index contributed by atoms with van der Waals surface area (Å²) < 4.78 is 0. The molecule has 0 bridgehead atoms. The van der Waals surface area contributed by atoms with E-state index < -0.39 is 0 Å². The Morgan fingerprint density at radius 3 is 2.59 bits per heavy atom. The first kappa shape index (κ1) is 21.5. The van der Waals surface area contributed by atoms with Gasteiger partial charge in [0.15, 0.2) is 0 Å². The highest BCUT2D eigenvalue weighted by Gasteiger charge is 2.23. The summed E-state index contributed by atoms with van der Waals surface area (Å²) >= 11 is 1.68. The summed E-state index contributed by atoms with van der Waals surface area (Å²) in [4.78, 5) is 31.1. The Morgan fingerprint density at radius 1 is 1.14 bits per heavy atom. The summed E-state index contributed by atoms with van der Waals surface area (Å²) in [6.07, 6.45) is 0.887. The maximum atomic E-state index is 12.6. The van der Waals surface area contributed by atoms with Crippen LogP contribution in [-0.4, -0.2) is 72.8 Å². The number of anilines is 1. The van der Waals surface area contributed by atoms with Crippen molar-refractivity contribution in [3.05, 3.63) is 52.2 Å². The normalized spacial score (nSPS) is 14.9. The van der Waals surface area contributed by atoms with Crippen LogP contribution in [0.3, 0.4) is 0 Å². The molecule has 2 aromatic rings. The number of hydrogen-bond donors (Lipinski definition) is 1.